The second kappa shape index (κ2) is 8.40. The Labute approximate surface area is 143 Å². The molecule has 0 radical (unpaired) electrons. The topological polar surface area (TPSA) is 47.9 Å². The van der Waals surface area contributed by atoms with Gasteiger partial charge in [-0.05, 0) is 24.0 Å². The standard InChI is InChI=1S/C20H24O4/c21-20(23-15-18-10-5-2-6-11-18)13-7-12-19(24-20)16-22-14-17-8-3-1-4-9-17/h1-6,8-11,19,21H,7,12-16H2. The first-order valence-electron chi connectivity index (χ1n) is 8.43. The summed E-state index contributed by atoms with van der Waals surface area (Å²) in [5, 5.41) is 10.5. The number of rotatable bonds is 7. The van der Waals surface area contributed by atoms with Crippen molar-refractivity contribution in [1.82, 2.24) is 0 Å². The Morgan fingerprint density at radius 3 is 2.25 bits per heavy atom. The summed E-state index contributed by atoms with van der Waals surface area (Å²) in [6.45, 7) is 1.32. The quantitative estimate of drug-likeness (QED) is 0.789. The SMILES string of the molecule is OC1(OCc2ccccc2)CCCC(COCc2ccccc2)O1. The van der Waals surface area contributed by atoms with Crippen LogP contribution in [-0.2, 0) is 27.4 Å². The number of hydrogen-bond acceptors (Lipinski definition) is 4. The first-order valence-corrected chi connectivity index (χ1v) is 8.43. The zero-order chi connectivity index (χ0) is 16.7. The summed E-state index contributed by atoms with van der Waals surface area (Å²) in [7, 11) is 0. The molecule has 0 amide bonds. The smallest absolute Gasteiger partial charge is 0.281 e. The highest BCUT2D eigenvalue weighted by Crippen LogP contribution is 2.29. The van der Waals surface area contributed by atoms with E-state index in [2.05, 4.69) is 0 Å². The maximum Gasteiger partial charge on any atom is 0.281 e. The highest BCUT2D eigenvalue weighted by Gasteiger charge is 2.36. The van der Waals surface area contributed by atoms with E-state index in [0.29, 0.717) is 26.2 Å². The number of aliphatic hydroxyl groups is 1. The molecule has 4 heteroatoms. The molecule has 0 spiro atoms. The van der Waals surface area contributed by atoms with Crippen molar-refractivity contribution in [2.24, 2.45) is 0 Å². The van der Waals surface area contributed by atoms with Gasteiger partial charge in [0.25, 0.3) is 5.97 Å². The zero-order valence-corrected chi connectivity index (χ0v) is 13.8. The molecular formula is C20H24O4. The Bertz CT molecular complexity index is 602. The molecule has 24 heavy (non-hydrogen) atoms. The molecule has 1 saturated heterocycles. The van der Waals surface area contributed by atoms with E-state index in [4.69, 9.17) is 14.2 Å². The van der Waals surface area contributed by atoms with Crippen LogP contribution in [0.4, 0.5) is 0 Å². The monoisotopic (exact) mass is 328 g/mol. The van der Waals surface area contributed by atoms with Crippen molar-refractivity contribution in [3.8, 4) is 0 Å². The van der Waals surface area contributed by atoms with Gasteiger partial charge in [0, 0.05) is 6.42 Å². The molecule has 3 rings (SSSR count). The van der Waals surface area contributed by atoms with Gasteiger partial charge in [-0.1, -0.05) is 60.7 Å². The predicted octanol–water partition coefficient (Wildman–Crippen LogP) is 3.64. The molecule has 1 aliphatic heterocycles. The summed E-state index contributed by atoms with van der Waals surface area (Å²) >= 11 is 0. The van der Waals surface area contributed by atoms with E-state index in [-0.39, 0.29) is 6.10 Å². The van der Waals surface area contributed by atoms with Gasteiger partial charge in [0.05, 0.1) is 25.9 Å². The van der Waals surface area contributed by atoms with Crippen molar-refractivity contribution < 1.29 is 19.3 Å². The van der Waals surface area contributed by atoms with Crippen molar-refractivity contribution >= 4 is 0 Å². The van der Waals surface area contributed by atoms with Crippen molar-refractivity contribution in [2.45, 2.75) is 44.6 Å². The van der Waals surface area contributed by atoms with E-state index in [1.54, 1.807) is 0 Å². The summed E-state index contributed by atoms with van der Waals surface area (Å²) in [4.78, 5) is 0. The Morgan fingerprint density at radius 1 is 0.958 bits per heavy atom. The summed E-state index contributed by atoms with van der Waals surface area (Å²) < 4.78 is 17.1. The molecule has 0 saturated carbocycles. The third kappa shape index (κ3) is 5.14. The molecule has 2 aromatic rings. The van der Waals surface area contributed by atoms with Crippen LogP contribution in [0.1, 0.15) is 30.4 Å². The molecule has 4 nitrogen and oxygen atoms in total. The average molecular weight is 328 g/mol. The van der Waals surface area contributed by atoms with Gasteiger partial charge in [0.15, 0.2) is 0 Å². The molecule has 0 aromatic heterocycles. The lowest BCUT2D eigenvalue weighted by Gasteiger charge is -2.36. The number of benzene rings is 2. The van der Waals surface area contributed by atoms with E-state index in [1.165, 1.54) is 0 Å². The van der Waals surface area contributed by atoms with Crippen LogP contribution in [-0.4, -0.2) is 23.8 Å². The molecule has 2 aromatic carbocycles. The maximum atomic E-state index is 10.5. The maximum absolute atomic E-state index is 10.5. The molecule has 0 aliphatic carbocycles. The van der Waals surface area contributed by atoms with Crippen LogP contribution >= 0.6 is 0 Å². The molecule has 1 aliphatic rings. The van der Waals surface area contributed by atoms with Gasteiger partial charge in [-0.2, -0.15) is 0 Å². The lowest BCUT2D eigenvalue weighted by molar-refractivity contribution is -0.397. The molecule has 1 heterocycles. The summed E-state index contributed by atoms with van der Waals surface area (Å²) in [5.41, 5.74) is 2.14. The van der Waals surface area contributed by atoms with Crippen LogP contribution in [0.15, 0.2) is 60.7 Å². The van der Waals surface area contributed by atoms with E-state index in [9.17, 15) is 5.11 Å². The van der Waals surface area contributed by atoms with Gasteiger partial charge in [-0.15, -0.1) is 0 Å². The van der Waals surface area contributed by atoms with Gasteiger partial charge in [0.2, 0.25) is 0 Å². The lowest BCUT2D eigenvalue weighted by Crippen LogP contribution is -2.44. The number of hydrogen-bond donors (Lipinski definition) is 1. The summed E-state index contributed by atoms with van der Waals surface area (Å²) in [6, 6.07) is 19.8. The van der Waals surface area contributed by atoms with Gasteiger partial charge in [-0.25, -0.2) is 0 Å². The minimum absolute atomic E-state index is 0.150. The Balaban J connectivity index is 1.44. The van der Waals surface area contributed by atoms with Crippen molar-refractivity contribution in [3.05, 3.63) is 71.8 Å². The fourth-order valence-corrected chi connectivity index (χ4v) is 2.81. The van der Waals surface area contributed by atoms with Gasteiger partial charge >= 0.3 is 0 Å². The van der Waals surface area contributed by atoms with Crippen LogP contribution < -0.4 is 0 Å². The second-order valence-electron chi connectivity index (χ2n) is 6.12. The largest absolute Gasteiger partial charge is 0.374 e. The minimum atomic E-state index is -1.52. The van der Waals surface area contributed by atoms with E-state index >= 15 is 0 Å². The molecule has 2 unspecified atom stereocenters. The van der Waals surface area contributed by atoms with Crippen LogP contribution in [0, 0.1) is 0 Å². The van der Waals surface area contributed by atoms with Crippen molar-refractivity contribution in [1.29, 1.82) is 0 Å². The van der Waals surface area contributed by atoms with Crippen LogP contribution in [0.5, 0.6) is 0 Å². The molecule has 1 N–H and O–H groups in total. The Kier molecular flexibility index (Phi) is 5.99. The highest BCUT2D eigenvalue weighted by atomic mass is 16.8. The average Bonchev–Trinajstić information content (AvgIpc) is 2.62. The minimum Gasteiger partial charge on any atom is -0.374 e. The van der Waals surface area contributed by atoms with Gasteiger partial charge < -0.3 is 19.3 Å². The first-order chi connectivity index (χ1) is 11.7. The number of ether oxygens (including phenoxy) is 3. The molecular weight excluding hydrogens is 304 g/mol. The zero-order valence-electron chi connectivity index (χ0n) is 13.8. The van der Waals surface area contributed by atoms with E-state index in [0.717, 1.165) is 24.0 Å². The fraction of sp³-hybridized carbons (Fsp3) is 0.400. The molecule has 2 atom stereocenters. The first kappa shape index (κ1) is 17.1. The Hall–Kier alpha value is -1.72. The van der Waals surface area contributed by atoms with E-state index in [1.807, 2.05) is 60.7 Å². The fourth-order valence-electron chi connectivity index (χ4n) is 2.81. The third-order valence-electron chi connectivity index (χ3n) is 4.09. The Morgan fingerprint density at radius 2 is 1.58 bits per heavy atom. The van der Waals surface area contributed by atoms with Gasteiger partial charge in [-0.3, -0.25) is 0 Å². The van der Waals surface area contributed by atoms with E-state index < -0.39 is 5.97 Å². The molecule has 0 bridgehead atoms. The van der Waals surface area contributed by atoms with Crippen molar-refractivity contribution in [2.75, 3.05) is 6.61 Å². The van der Waals surface area contributed by atoms with Crippen LogP contribution in [0.3, 0.4) is 0 Å². The lowest BCUT2D eigenvalue weighted by atomic mass is 10.1. The normalized spacial score (nSPS) is 24.0. The second-order valence-corrected chi connectivity index (χ2v) is 6.12. The van der Waals surface area contributed by atoms with Crippen LogP contribution in [0.2, 0.25) is 0 Å². The van der Waals surface area contributed by atoms with Crippen LogP contribution in [0.25, 0.3) is 0 Å². The third-order valence-corrected chi connectivity index (χ3v) is 4.09. The highest BCUT2D eigenvalue weighted by molar-refractivity contribution is 5.14. The predicted molar refractivity (Wildman–Crippen MR) is 91.0 cm³/mol. The molecule has 1 fully saturated rings. The van der Waals surface area contributed by atoms with Gasteiger partial charge in [0.1, 0.15) is 0 Å². The van der Waals surface area contributed by atoms with Crippen molar-refractivity contribution in [3.63, 3.8) is 0 Å². The summed E-state index contributed by atoms with van der Waals surface area (Å²) in [5.74, 6) is -1.52. The summed E-state index contributed by atoms with van der Waals surface area (Å²) in [6.07, 6.45) is 2.05. The molecule has 128 valence electrons.